The fourth-order valence-corrected chi connectivity index (χ4v) is 2.95. The zero-order valence-corrected chi connectivity index (χ0v) is 13.2. The van der Waals surface area contributed by atoms with E-state index in [4.69, 9.17) is 4.74 Å². The number of benzene rings is 1. The molecule has 6 nitrogen and oxygen atoms in total. The van der Waals surface area contributed by atoms with E-state index in [1.54, 1.807) is 12.1 Å². The summed E-state index contributed by atoms with van der Waals surface area (Å²) in [6, 6.07) is 7.92. The molecule has 1 heterocycles. The molecule has 0 amide bonds. The van der Waals surface area contributed by atoms with Crippen molar-refractivity contribution in [2.45, 2.75) is 25.4 Å². The number of morpholine rings is 1. The highest BCUT2D eigenvalue weighted by Crippen LogP contribution is 2.16. The van der Waals surface area contributed by atoms with Crippen molar-refractivity contribution >= 4 is 21.4 Å². The molecule has 2 atom stereocenters. The summed E-state index contributed by atoms with van der Waals surface area (Å²) in [5, 5.41) is 6.84. The molecule has 3 N–H and O–H groups in total. The molecule has 1 aromatic carbocycles. The summed E-state index contributed by atoms with van der Waals surface area (Å²) in [7, 11) is -3.22. The molecule has 2 rings (SSSR count). The molecule has 118 valence electrons. The molecule has 1 aliphatic rings. The van der Waals surface area contributed by atoms with Crippen LogP contribution in [0.1, 0.15) is 13.3 Å². The van der Waals surface area contributed by atoms with E-state index in [0.29, 0.717) is 17.8 Å². The Kier molecular flexibility index (Phi) is 5.44. The molecule has 1 aliphatic heterocycles. The first-order chi connectivity index (χ1) is 9.92. The Bertz CT molecular complexity index is 539. The minimum atomic E-state index is -3.22. The average molecular weight is 313 g/mol. The van der Waals surface area contributed by atoms with E-state index < -0.39 is 10.0 Å². The molecule has 2 unspecified atom stereocenters. The molecule has 0 radical (unpaired) electrons. The normalized spacial score (nSPS) is 20.8. The van der Waals surface area contributed by atoms with Gasteiger partial charge in [0.15, 0.2) is 0 Å². The average Bonchev–Trinajstić information content (AvgIpc) is 2.40. The minimum Gasteiger partial charge on any atom is -0.383 e. The van der Waals surface area contributed by atoms with Gasteiger partial charge in [-0.25, -0.2) is 8.42 Å². The highest BCUT2D eigenvalue weighted by atomic mass is 32.2. The monoisotopic (exact) mass is 313 g/mol. The summed E-state index contributed by atoms with van der Waals surface area (Å²) in [4.78, 5) is 0. The molecule has 1 aromatic rings. The summed E-state index contributed by atoms with van der Waals surface area (Å²) in [6.45, 7) is 4.57. The molecule has 1 fully saturated rings. The first kappa shape index (κ1) is 16.1. The number of sulfonamides is 1. The Morgan fingerprint density at radius 1 is 1.33 bits per heavy atom. The lowest BCUT2D eigenvalue weighted by Gasteiger charge is -2.27. The zero-order valence-electron chi connectivity index (χ0n) is 12.4. The third kappa shape index (κ3) is 5.91. The van der Waals surface area contributed by atoms with Crippen LogP contribution in [0, 0.1) is 0 Å². The lowest BCUT2D eigenvalue weighted by Crippen LogP contribution is -2.43. The maximum atomic E-state index is 11.1. The lowest BCUT2D eigenvalue weighted by atomic mass is 10.1. The lowest BCUT2D eigenvalue weighted by molar-refractivity contribution is 0.0731. The number of nitrogens with one attached hydrogen (secondary N) is 3. The van der Waals surface area contributed by atoms with E-state index in [1.165, 1.54) is 0 Å². The SMILES string of the molecule is CC(CC1COCCN1)Nc1ccc(NS(C)(=O)=O)cc1. The standard InChI is InChI=1S/C14H23N3O3S/c1-11(9-14-10-20-8-7-15-14)16-12-3-5-13(6-4-12)17-21(2,18)19/h3-6,11,14-17H,7-10H2,1-2H3. The van der Waals surface area contributed by atoms with E-state index in [1.807, 2.05) is 12.1 Å². The fraction of sp³-hybridized carbons (Fsp3) is 0.571. The van der Waals surface area contributed by atoms with Gasteiger partial charge in [-0.1, -0.05) is 0 Å². The van der Waals surface area contributed by atoms with Crippen molar-refractivity contribution < 1.29 is 13.2 Å². The van der Waals surface area contributed by atoms with Gasteiger partial charge >= 0.3 is 0 Å². The number of hydrogen-bond donors (Lipinski definition) is 3. The van der Waals surface area contributed by atoms with Crippen LogP contribution >= 0.6 is 0 Å². The summed E-state index contributed by atoms with van der Waals surface area (Å²) < 4.78 is 30.2. The second kappa shape index (κ2) is 7.11. The fourth-order valence-electron chi connectivity index (χ4n) is 2.39. The van der Waals surface area contributed by atoms with Crippen molar-refractivity contribution in [1.29, 1.82) is 0 Å². The third-order valence-electron chi connectivity index (χ3n) is 3.24. The number of hydrogen-bond acceptors (Lipinski definition) is 5. The van der Waals surface area contributed by atoms with Gasteiger partial charge in [0.1, 0.15) is 0 Å². The summed E-state index contributed by atoms with van der Waals surface area (Å²) in [5.41, 5.74) is 1.54. The van der Waals surface area contributed by atoms with E-state index >= 15 is 0 Å². The molecule has 7 heteroatoms. The quantitative estimate of drug-likeness (QED) is 0.736. The number of ether oxygens (including phenoxy) is 1. The van der Waals surface area contributed by atoms with Crippen molar-refractivity contribution in [3.8, 4) is 0 Å². The number of anilines is 2. The van der Waals surface area contributed by atoms with Gasteiger partial charge in [0.2, 0.25) is 10.0 Å². The van der Waals surface area contributed by atoms with E-state index in [9.17, 15) is 8.42 Å². The Hall–Kier alpha value is -1.31. The Morgan fingerprint density at radius 3 is 2.57 bits per heavy atom. The van der Waals surface area contributed by atoms with Crippen LogP contribution in [0.25, 0.3) is 0 Å². The third-order valence-corrected chi connectivity index (χ3v) is 3.84. The van der Waals surface area contributed by atoms with Crippen LogP contribution in [0.2, 0.25) is 0 Å². The molecule has 21 heavy (non-hydrogen) atoms. The molecule has 0 bridgehead atoms. The smallest absolute Gasteiger partial charge is 0.229 e. The second-order valence-electron chi connectivity index (χ2n) is 5.46. The summed E-state index contributed by atoms with van der Waals surface area (Å²) in [5.74, 6) is 0. The first-order valence-electron chi connectivity index (χ1n) is 7.08. The van der Waals surface area contributed by atoms with Gasteiger partial charge in [-0.3, -0.25) is 4.72 Å². The predicted octanol–water partition coefficient (Wildman–Crippen LogP) is 1.24. The molecular weight excluding hydrogens is 290 g/mol. The van der Waals surface area contributed by atoms with Crippen LogP contribution in [0.3, 0.4) is 0 Å². The van der Waals surface area contributed by atoms with Crippen LogP contribution in [-0.4, -0.2) is 46.5 Å². The Balaban J connectivity index is 1.84. The van der Waals surface area contributed by atoms with Crippen LogP contribution in [0.5, 0.6) is 0 Å². The van der Waals surface area contributed by atoms with E-state index in [2.05, 4.69) is 22.3 Å². The largest absolute Gasteiger partial charge is 0.383 e. The van der Waals surface area contributed by atoms with Gasteiger partial charge in [-0.05, 0) is 37.6 Å². The zero-order chi connectivity index (χ0) is 15.3. The van der Waals surface area contributed by atoms with Gasteiger partial charge < -0.3 is 15.4 Å². The summed E-state index contributed by atoms with van der Waals surface area (Å²) in [6.07, 6.45) is 2.11. The highest BCUT2D eigenvalue weighted by Gasteiger charge is 2.16. The molecular formula is C14H23N3O3S. The van der Waals surface area contributed by atoms with Crippen molar-refractivity contribution in [3.63, 3.8) is 0 Å². The Morgan fingerprint density at radius 2 is 2.00 bits per heavy atom. The van der Waals surface area contributed by atoms with Gasteiger partial charge in [0, 0.05) is 30.0 Å². The van der Waals surface area contributed by atoms with Gasteiger partial charge in [0.05, 0.1) is 19.5 Å². The number of rotatable bonds is 6. The predicted molar refractivity (Wildman–Crippen MR) is 85.2 cm³/mol. The van der Waals surface area contributed by atoms with E-state index in [0.717, 1.165) is 38.1 Å². The van der Waals surface area contributed by atoms with Gasteiger partial charge in [-0.15, -0.1) is 0 Å². The summed E-state index contributed by atoms with van der Waals surface area (Å²) >= 11 is 0. The van der Waals surface area contributed by atoms with Crippen LogP contribution < -0.4 is 15.4 Å². The second-order valence-corrected chi connectivity index (χ2v) is 7.21. The molecule has 0 spiro atoms. The molecule has 0 aromatic heterocycles. The highest BCUT2D eigenvalue weighted by molar-refractivity contribution is 7.92. The van der Waals surface area contributed by atoms with Crippen molar-refractivity contribution in [1.82, 2.24) is 5.32 Å². The van der Waals surface area contributed by atoms with Crippen LogP contribution in [0.4, 0.5) is 11.4 Å². The molecule has 1 saturated heterocycles. The molecule has 0 aliphatic carbocycles. The topological polar surface area (TPSA) is 79.5 Å². The maximum absolute atomic E-state index is 11.1. The van der Waals surface area contributed by atoms with Crippen LogP contribution in [0.15, 0.2) is 24.3 Å². The minimum absolute atomic E-state index is 0.304. The van der Waals surface area contributed by atoms with Crippen molar-refractivity contribution in [3.05, 3.63) is 24.3 Å². The van der Waals surface area contributed by atoms with Gasteiger partial charge in [0.25, 0.3) is 0 Å². The van der Waals surface area contributed by atoms with Crippen molar-refractivity contribution in [2.24, 2.45) is 0 Å². The van der Waals surface area contributed by atoms with Gasteiger partial charge in [-0.2, -0.15) is 0 Å². The van der Waals surface area contributed by atoms with Crippen molar-refractivity contribution in [2.75, 3.05) is 36.1 Å². The first-order valence-corrected chi connectivity index (χ1v) is 8.97. The molecule has 0 saturated carbocycles. The van der Waals surface area contributed by atoms with Crippen LogP contribution in [-0.2, 0) is 14.8 Å². The van der Waals surface area contributed by atoms with E-state index in [-0.39, 0.29) is 0 Å². The Labute approximate surface area is 126 Å². The maximum Gasteiger partial charge on any atom is 0.229 e.